The maximum absolute atomic E-state index is 13.8. The van der Waals surface area contributed by atoms with Crippen molar-refractivity contribution >= 4 is 0 Å². The lowest BCUT2D eigenvalue weighted by atomic mass is 9.78. The highest BCUT2D eigenvalue weighted by atomic mass is 19.1. The summed E-state index contributed by atoms with van der Waals surface area (Å²) in [5.41, 5.74) is 1.27. The van der Waals surface area contributed by atoms with E-state index in [0.717, 1.165) is 24.4 Å². The molecule has 1 N–H and O–H groups in total. The summed E-state index contributed by atoms with van der Waals surface area (Å²) >= 11 is 0. The molecule has 0 radical (unpaired) electrons. The first-order valence-corrected chi connectivity index (χ1v) is 7.50. The molecule has 0 heterocycles. The van der Waals surface area contributed by atoms with Gasteiger partial charge < -0.3 is 10.1 Å². The third-order valence-corrected chi connectivity index (χ3v) is 4.30. The zero-order valence-corrected chi connectivity index (χ0v) is 13.0. The van der Waals surface area contributed by atoms with Crippen LogP contribution in [0.5, 0.6) is 5.75 Å². The van der Waals surface area contributed by atoms with Crippen molar-refractivity contribution in [2.24, 2.45) is 11.3 Å². The summed E-state index contributed by atoms with van der Waals surface area (Å²) in [5, 5.41) is 3.55. The fourth-order valence-electron chi connectivity index (χ4n) is 2.85. The minimum atomic E-state index is -0.264. The predicted octanol–water partition coefficient (Wildman–Crippen LogP) is 3.79. The van der Waals surface area contributed by atoms with Crippen LogP contribution in [0.15, 0.2) is 18.2 Å². The fourth-order valence-corrected chi connectivity index (χ4v) is 2.85. The summed E-state index contributed by atoms with van der Waals surface area (Å²) < 4.78 is 18.8. The molecule has 1 aliphatic carbocycles. The number of benzene rings is 1. The third kappa shape index (κ3) is 3.72. The molecule has 0 aliphatic heterocycles. The van der Waals surface area contributed by atoms with Gasteiger partial charge in [0, 0.05) is 12.6 Å². The molecule has 2 rings (SSSR count). The summed E-state index contributed by atoms with van der Waals surface area (Å²) in [6, 6.07) is 5.82. The Labute approximate surface area is 121 Å². The zero-order chi connectivity index (χ0) is 14.8. The van der Waals surface area contributed by atoms with Gasteiger partial charge in [-0.15, -0.1) is 0 Å². The molecule has 2 nitrogen and oxygen atoms in total. The Hall–Kier alpha value is -1.09. The van der Waals surface area contributed by atoms with Gasteiger partial charge in [-0.2, -0.15) is 0 Å². The van der Waals surface area contributed by atoms with Crippen LogP contribution >= 0.6 is 0 Å². The molecule has 0 saturated heterocycles. The second-order valence-corrected chi connectivity index (χ2v) is 6.61. The highest BCUT2D eigenvalue weighted by Gasteiger charge is 2.41. The Morgan fingerprint density at radius 1 is 1.40 bits per heavy atom. The van der Waals surface area contributed by atoms with Crippen LogP contribution in [0.3, 0.4) is 0 Å². The van der Waals surface area contributed by atoms with Gasteiger partial charge in [-0.3, -0.25) is 0 Å². The number of hydrogen-bond acceptors (Lipinski definition) is 2. The maximum atomic E-state index is 13.8. The lowest BCUT2D eigenvalue weighted by Crippen LogP contribution is -2.38. The van der Waals surface area contributed by atoms with Crippen molar-refractivity contribution in [1.82, 2.24) is 5.32 Å². The van der Waals surface area contributed by atoms with Gasteiger partial charge in [-0.05, 0) is 48.3 Å². The summed E-state index contributed by atoms with van der Waals surface area (Å²) in [4.78, 5) is 0. The van der Waals surface area contributed by atoms with Crippen molar-refractivity contribution in [1.29, 1.82) is 0 Å². The average Bonchev–Trinajstić information content (AvgIpc) is 3.21. The zero-order valence-electron chi connectivity index (χ0n) is 13.0. The standard InChI is InChI=1S/C17H26FNO/c1-12(2)19-11-17(3,14-6-7-14)10-13-5-8-16(20-4)15(18)9-13/h5,8-9,12,14,19H,6-7,10-11H2,1-4H3. The van der Waals surface area contributed by atoms with E-state index in [-0.39, 0.29) is 11.2 Å². The van der Waals surface area contributed by atoms with Crippen molar-refractivity contribution in [3.05, 3.63) is 29.6 Å². The molecule has 1 fully saturated rings. The van der Waals surface area contributed by atoms with Crippen LogP contribution in [-0.2, 0) is 6.42 Å². The van der Waals surface area contributed by atoms with Gasteiger partial charge in [-0.1, -0.05) is 26.8 Å². The molecule has 112 valence electrons. The summed E-state index contributed by atoms with van der Waals surface area (Å²) in [5.74, 6) is 0.820. The summed E-state index contributed by atoms with van der Waals surface area (Å²) in [7, 11) is 1.50. The molecule has 0 aromatic heterocycles. The number of halogens is 1. The number of nitrogens with one attached hydrogen (secondary N) is 1. The van der Waals surface area contributed by atoms with E-state index < -0.39 is 0 Å². The van der Waals surface area contributed by atoms with Crippen LogP contribution in [0.4, 0.5) is 4.39 Å². The van der Waals surface area contributed by atoms with E-state index in [9.17, 15) is 4.39 Å². The molecule has 1 saturated carbocycles. The van der Waals surface area contributed by atoms with Gasteiger partial charge in [0.25, 0.3) is 0 Å². The highest BCUT2D eigenvalue weighted by molar-refractivity contribution is 5.30. The van der Waals surface area contributed by atoms with E-state index >= 15 is 0 Å². The van der Waals surface area contributed by atoms with Crippen molar-refractivity contribution in [3.63, 3.8) is 0 Å². The first-order chi connectivity index (χ1) is 9.44. The molecule has 1 aromatic rings. The van der Waals surface area contributed by atoms with Crippen LogP contribution in [-0.4, -0.2) is 19.7 Å². The van der Waals surface area contributed by atoms with Crippen LogP contribution in [0.25, 0.3) is 0 Å². The number of rotatable bonds is 7. The minimum Gasteiger partial charge on any atom is -0.494 e. The molecule has 0 spiro atoms. The topological polar surface area (TPSA) is 21.3 Å². The lowest BCUT2D eigenvalue weighted by Gasteiger charge is -2.31. The van der Waals surface area contributed by atoms with Gasteiger partial charge >= 0.3 is 0 Å². The summed E-state index contributed by atoms with van der Waals surface area (Å²) in [6.45, 7) is 7.64. The van der Waals surface area contributed by atoms with Gasteiger partial charge in [0.1, 0.15) is 0 Å². The normalized spacial score (nSPS) is 18.1. The molecule has 1 atom stereocenters. The molecule has 3 heteroatoms. The van der Waals surface area contributed by atoms with Crippen molar-refractivity contribution in [3.8, 4) is 5.75 Å². The predicted molar refractivity (Wildman–Crippen MR) is 80.6 cm³/mol. The Bertz CT molecular complexity index is 456. The van der Waals surface area contributed by atoms with Crippen LogP contribution < -0.4 is 10.1 Å². The van der Waals surface area contributed by atoms with Crippen molar-refractivity contribution < 1.29 is 9.13 Å². The minimum absolute atomic E-state index is 0.214. The molecule has 0 amide bonds. The first-order valence-electron chi connectivity index (χ1n) is 7.50. The van der Waals surface area contributed by atoms with Gasteiger partial charge in [-0.25, -0.2) is 4.39 Å². The number of methoxy groups -OCH3 is 1. The molecule has 20 heavy (non-hydrogen) atoms. The second kappa shape index (κ2) is 6.13. The third-order valence-electron chi connectivity index (χ3n) is 4.30. The largest absolute Gasteiger partial charge is 0.494 e. The Balaban J connectivity index is 2.09. The van der Waals surface area contributed by atoms with Gasteiger partial charge in [0.15, 0.2) is 11.6 Å². The molecule has 1 aromatic carbocycles. The number of ether oxygens (including phenoxy) is 1. The molecular weight excluding hydrogens is 253 g/mol. The number of hydrogen-bond donors (Lipinski definition) is 1. The van der Waals surface area contributed by atoms with Crippen molar-refractivity contribution in [2.45, 2.75) is 46.1 Å². The molecule has 1 aliphatic rings. The van der Waals surface area contributed by atoms with Gasteiger partial charge in [0.05, 0.1) is 7.11 Å². The van der Waals surface area contributed by atoms with Crippen LogP contribution in [0.1, 0.15) is 39.2 Å². The van der Waals surface area contributed by atoms with E-state index in [0.29, 0.717) is 11.8 Å². The Morgan fingerprint density at radius 2 is 2.10 bits per heavy atom. The SMILES string of the molecule is COc1ccc(CC(C)(CNC(C)C)C2CC2)cc1F. The first kappa shape index (κ1) is 15.3. The Kier molecular flexibility index (Phi) is 4.69. The summed E-state index contributed by atoms with van der Waals surface area (Å²) in [6.07, 6.45) is 3.52. The molecular formula is C17H26FNO. The van der Waals surface area contributed by atoms with E-state index in [1.807, 2.05) is 6.07 Å². The van der Waals surface area contributed by atoms with E-state index in [1.54, 1.807) is 12.1 Å². The quantitative estimate of drug-likeness (QED) is 0.820. The van der Waals surface area contributed by atoms with Crippen LogP contribution in [0.2, 0.25) is 0 Å². The highest BCUT2D eigenvalue weighted by Crippen LogP contribution is 2.47. The van der Waals surface area contributed by atoms with Crippen molar-refractivity contribution in [2.75, 3.05) is 13.7 Å². The molecule has 1 unspecified atom stereocenters. The van der Waals surface area contributed by atoms with Gasteiger partial charge in [0.2, 0.25) is 0 Å². The fraction of sp³-hybridized carbons (Fsp3) is 0.647. The smallest absolute Gasteiger partial charge is 0.165 e. The van der Waals surface area contributed by atoms with E-state index in [2.05, 4.69) is 26.1 Å². The van der Waals surface area contributed by atoms with Crippen LogP contribution in [0, 0.1) is 17.2 Å². The van der Waals surface area contributed by atoms with E-state index in [4.69, 9.17) is 4.74 Å². The monoisotopic (exact) mass is 279 g/mol. The molecule has 0 bridgehead atoms. The second-order valence-electron chi connectivity index (χ2n) is 6.61. The van der Waals surface area contributed by atoms with E-state index in [1.165, 1.54) is 20.0 Å². The maximum Gasteiger partial charge on any atom is 0.165 e. The lowest BCUT2D eigenvalue weighted by molar-refractivity contribution is 0.248. The Morgan fingerprint density at radius 3 is 2.60 bits per heavy atom. The average molecular weight is 279 g/mol.